The second-order valence-electron chi connectivity index (χ2n) is 6.48. The summed E-state index contributed by atoms with van der Waals surface area (Å²) in [6, 6.07) is 3.98. The van der Waals surface area contributed by atoms with Crippen LogP contribution in [0.15, 0.2) is 16.5 Å². The van der Waals surface area contributed by atoms with Gasteiger partial charge in [0.1, 0.15) is 0 Å². The number of benzene rings is 1. The minimum atomic E-state index is 0.112. The third-order valence-electron chi connectivity index (χ3n) is 4.60. The number of nitrogens with one attached hydrogen (secondary N) is 1. The fourth-order valence-corrected chi connectivity index (χ4v) is 4.70. The molecule has 0 spiro atoms. The highest BCUT2D eigenvalue weighted by Gasteiger charge is 2.23. The van der Waals surface area contributed by atoms with Gasteiger partial charge in [-0.3, -0.25) is 4.79 Å². The van der Waals surface area contributed by atoms with E-state index in [1.54, 1.807) is 14.2 Å². The number of hydrogen-bond donors (Lipinski definition) is 1. The summed E-state index contributed by atoms with van der Waals surface area (Å²) in [5, 5.41) is 12.4. The van der Waals surface area contributed by atoms with Gasteiger partial charge in [0.15, 0.2) is 15.8 Å². The molecule has 28 heavy (non-hydrogen) atoms. The number of nitrogens with zero attached hydrogens (tertiary/aromatic N) is 3. The van der Waals surface area contributed by atoms with Crippen molar-refractivity contribution >= 4 is 34.1 Å². The summed E-state index contributed by atoms with van der Waals surface area (Å²) in [4.78, 5) is 14.6. The fraction of sp³-hybridized carbons (Fsp3) is 0.526. The summed E-state index contributed by atoms with van der Waals surface area (Å²) in [6.45, 7) is 4.35. The Morgan fingerprint density at radius 1 is 1.25 bits per heavy atom. The lowest BCUT2D eigenvalue weighted by molar-refractivity contribution is -0.129. The molecule has 1 aliphatic rings. The Kier molecular flexibility index (Phi) is 7.38. The van der Waals surface area contributed by atoms with E-state index < -0.39 is 0 Å². The molecule has 0 atom stereocenters. The quantitative estimate of drug-likeness (QED) is 0.490. The number of rotatable bonds is 9. The van der Waals surface area contributed by atoms with Crippen LogP contribution in [-0.2, 0) is 17.8 Å². The second-order valence-corrected chi connectivity index (χ2v) is 8.68. The van der Waals surface area contributed by atoms with Gasteiger partial charge in [-0.2, -0.15) is 0 Å². The molecule has 9 heteroatoms. The number of thioether (sulfide) groups is 1. The highest BCUT2D eigenvalue weighted by molar-refractivity contribution is 8.01. The molecule has 1 N–H and O–H groups in total. The standard InChI is InChI=1S/C19H26N4O3S2/c1-4-5-7-20-18-21-22-19(28-18)27-12-17(24)23-8-6-13-9-15(25-2)16(26-3)10-14(13)11-23/h9-10H,4-8,11-12H2,1-3H3,(H,20,21). The van der Waals surface area contributed by atoms with Gasteiger partial charge in [0.05, 0.1) is 20.0 Å². The Bertz CT molecular complexity index is 812. The number of anilines is 1. The molecule has 2 aromatic rings. The van der Waals surface area contributed by atoms with Crippen LogP contribution in [0.2, 0.25) is 0 Å². The summed E-state index contributed by atoms with van der Waals surface area (Å²) in [7, 11) is 3.26. The maximum absolute atomic E-state index is 12.7. The Labute approximate surface area is 173 Å². The Balaban J connectivity index is 1.55. The Morgan fingerprint density at radius 3 is 2.71 bits per heavy atom. The molecule has 7 nitrogen and oxygen atoms in total. The topological polar surface area (TPSA) is 76.6 Å². The van der Waals surface area contributed by atoms with Crippen molar-refractivity contribution in [2.45, 2.75) is 37.1 Å². The van der Waals surface area contributed by atoms with E-state index in [0.29, 0.717) is 24.6 Å². The first-order valence-corrected chi connectivity index (χ1v) is 11.2. The maximum atomic E-state index is 12.7. The molecule has 152 valence electrons. The molecule has 3 rings (SSSR count). The SMILES string of the molecule is CCCCNc1nnc(SCC(=O)N2CCc3cc(OC)c(OC)cc3C2)s1. The lowest BCUT2D eigenvalue weighted by Gasteiger charge is -2.29. The van der Waals surface area contributed by atoms with E-state index in [9.17, 15) is 4.79 Å². The zero-order valence-corrected chi connectivity index (χ0v) is 18.1. The van der Waals surface area contributed by atoms with Crippen molar-refractivity contribution in [3.63, 3.8) is 0 Å². The number of carbonyl (C=O) groups excluding carboxylic acids is 1. The van der Waals surface area contributed by atoms with Crippen LogP contribution in [-0.4, -0.2) is 54.1 Å². The molecule has 1 aromatic heterocycles. The van der Waals surface area contributed by atoms with Crippen molar-refractivity contribution < 1.29 is 14.3 Å². The van der Waals surface area contributed by atoms with E-state index in [0.717, 1.165) is 46.6 Å². The van der Waals surface area contributed by atoms with Crippen molar-refractivity contribution in [2.75, 3.05) is 38.4 Å². The van der Waals surface area contributed by atoms with Crippen LogP contribution in [0.25, 0.3) is 0 Å². The molecule has 2 heterocycles. The van der Waals surface area contributed by atoms with Crippen LogP contribution >= 0.6 is 23.1 Å². The first-order chi connectivity index (χ1) is 13.6. The summed E-state index contributed by atoms with van der Waals surface area (Å²) >= 11 is 2.94. The van der Waals surface area contributed by atoms with Crippen LogP contribution in [0.3, 0.4) is 0 Å². The summed E-state index contributed by atoms with van der Waals surface area (Å²) < 4.78 is 11.6. The second kappa shape index (κ2) is 9.97. The number of ether oxygens (including phenoxy) is 2. The third-order valence-corrected chi connectivity index (χ3v) is 6.60. The largest absolute Gasteiger partial charge is 0.493 e. The van der Waals surface area contributed by atoms with Crippen molar-refractivity contribution in [3.05, 3.63) is 23.3 Å². The molecule has 0 saturated carbocycles. The van der Waals surface area contributed by atoms with Crippen molar-refractivity contribution in [1.82, 2.24) is 15.1 Å². The van der Waals surface area contributed by atoms with Gasteiger partial charge in [0.25, 0.3) is 0 Å². The van der Waals surface area contributed by atoms with E-state index in [2.05, 4.69) is 22.4 Å². The molecule has 0 saturated heterocycles. The van der Waals surface area contributed by atoms with Crippen LogP contribution < -0.4 is 14.8 Å². The number of aromatic nitrogens is 2. The van der Waals surface area contributed by atoms with Crippen LogP contribution in [0, 0.1) is 0 Å². The van der Waals surface area contributed by atoms with Crippen molar-refractivity contribution in [3.8, 4) is 11.5 Å². The van der Waals surface area contributed by atoms with Gasteiger partial charge in [-0.1, -0.05) is 36.4 Å². The van der Waals surface area contributed by atoms with Crippen molar-refractivity contribution in [2.24, 2.45) is 0 Å². The monoisotopic (exact) mass is 422 g/mol. The molecule has 0 aliphatic carbocycles. The molecular weight excluding hydrogens is 396 g/mol. The average molecular weight is 423 g/mol. The smallest absolute Gasteiger partial charge is 0.233 e. The highest BCUT2D eigenvalue weighted by atomic mass is 32.2. The lowest BCUT2D eigenvalue weighted by atomic mass is 9.99. The lowest BCUT2D eigenvalue weighted by Crippen LogP contribution is -2.37. The summed E-state index contributed by atoms with van der Waals surface area (Å²) in [5.74, 6) is 1.91. The number of carbonyl (C=O) groups is 1. The van der Waals surface area contributed by atoms with Gasteiger partial charge in [-0.25, -0.2) is 0 Å². The fourth-order valence-electron chi connectivity index (χ4n) is 3.02. The van der Waals surface area contributed by atoms with E-state index in [1.165, 1.54) is 28.7 Å². The molecule has 1 amide bonds. The zero-order chi connectivity index (χ0) is 19.9. The van der Waals surface area contributed by atoms with E-state index >= 15 is 0 Å². The van der Waals surface area contributed by atoms with Crippen LogP contribution in [0.5, 0.6) is 11.5 Å². The first-order valence-electron chi connectivity index (χ1n) is 9.36. The normalized spacial score (nSPS) is 13.2. The molecule has 0 unspecified atom stereocenters. The van der Waals surface area contributed by atoms with Crippen LogP contribution in [0.4, 0.5) is 5.13 Å². The molecule has 0 radical (unpaired) electrons. The van der Waals surface area contributed by atoms with E-state index in [-0.39, 0.29) is 5.91 Å². The Morgan fingerprint density at radius 2 is 2.00 bits per heavy atom. The third kappa shape index (κ3) is 5.08. The minimum Gasteiger partial charge on any atom is -0.493 e. The van der Waals surface area contributed by atoms with Gasteiger partial charge in [0, 0.05) is 19.6 Å². The molecule has 0 fully saturated rings. The highest BCUT2D eigenvalue weighted by Crippen LogP contribution is 2.33. The molecule has 0 bridgehead atoms. The predicted octanol–water partition coefficient (Wildman–Crippen LogP) is 3.44. The molecule has 1 aliphatic heterocycles. The molecule has 1 aromatic carbocycles. The average Bonchev–Trinajstić information content (AvgIpc) is 3.18. The van der Waals surface area contributed by atoms with E-state index in [1.807, 2.05) is 17.0 Å². The first kappa shape index (κ1) is 20.7. The van der Waals surface area contributed by atoms with Gasteiger partial charge >= 0.3 is 0 Å². The van der Waals surface area contributed by atoms with Crippen LogP contribution in [0.1, 0.15) is 30.9 Å². The maximum Gasteiger partial charge on any atom is 0.233 e. The van der Waals surface area contributed by atoms with Gasteiger partial charge < -0.3 is 19.7 Å². The zero-order valence-electron chi connectivity index (χ0n) is 16.5. The number of fused-ring (bicyclic) bond motifs is 1. The predicted molar refractivity (Wildman–Crippen MR) is 113 cm³/mol. The molecular formula is C19H26N4O3S2. The van der Waals surface area contributed by atoms with Gasteiger partial charge in [-0.05, 0) is 36.1 Å². The number of amides is 1. The number of methoxy groups -OCH3 is 2. The summed E-state index contributed by atoms with van der Waals surface area (Å²) in [5.41, 5.74) is 2.32. The Hall–Kier alpha value is -2.00. The minimum absolute atomic E-state index is 0.112. The van der Waals surface area contributed by atoms with Crippen molar-refractivity contribution in [1.29, 1.82) is 0 Å². The number of hydrogen-bond acceptors (Lipinski definition) is 8. The number of unbranched alkanes of at least 4 members (excludes halogenated alkanes) is 1. The summed E-state index contributed by atoms with van der Waals surface area (Å²) in [6.07, 6.45) is 3.06. The van der Waals surface area contributed by atoms with Gasteiger partial charge in [0.2, 0.25) is 11.0 Å². The van der Waals surface area contributed by atoms with Gasteiger partial charge in [-0.15, -0.1) is 10.2 Å². The van der Waals surface area contributed by atoms with E-state index in [4.69, 9.17) is 9.47 Å².